The number of ether oxygens (including phenoxy) is 2. The highest BCUT2D eigenvalue weighted by Gasteiger charge is 2.75. The summed E-state index contributed by atoms with van der Waals surface area (Å²) in [7, 11) is 0. The van der Waals surface area contributed by atoms with Crippen molar-refractivity contribution < 1.29 is 29.0 Å². The Balaban J connectivity index is 1.70. The van der Waals surface area contributed by atoms with Gasteiger partial charge in [0, 0.05) is 12.2 Å². The van der Waals surface area contributed by atoms with E-state index in [1.807, 2.05) is 77.1 Å². The topological polar surface area (TPSA) is 96.4 Å². The molecular weight excluding hydrogens is 496 g/mol. The Morgan fingerprint density at radius 3 is 2.44 bits per heavy atom. The molecule has 0 radical (unpaired) electrons. The number of fused-ring (bicyclic) bond motifs is 2. The minimum Gasteiger partial charge on any atom is -0.465 e. The van der Waals surface area contributed by atoms with Crippen molar-refractivity contribution in [2.75, 3.05) is 24.7 Å². The molecule has 2 saturated heterocycles. The van der Waals surface area contributed by atoms with Gasteiger partial charge in [-0.15, -0.1) is 0 Å². The third kappa shape index (κ3) is 4.32. The van der Waals surface area contributed by atoms with Crippen LogP contribution in [0.2, 0.25) is 0 Å². The molecule has 0 bridgehead atoms. The van der Waals surface area contributed by atoms with E-state index in [-0.39, 0.29) is 30.9 Å². The number of para-hydroxylation sites is 1. The number of benzene rings is 1. The van der Waals surface area contributed by atoms with Gasteiger partial charge in [-0.1, -0.05) is 56.4 Å². The van der Waals surface area contributed by atoms with Gasteiger partial charge < -0.3 is 24.4 Å². The molecule has 5 rings (SSSR count). The Labute approximate surface area is 230 Å². The molecule has 4 aliphatic heterocycles. The first-order chi connectivity index (χ1) is 18.6. The normalized spacial score (nSPS) is 34.0. The summed E-state index contributed by atoms with van der Waals surface area (Å²) >= 11 is 0. The van der Waals surface area contributed by atoms with Gasteiger partial charge in [0.15, 0.2) is 0 Å². The lowest BCUT2D eigenvalue weighted by Crippen LogP contribution is -2.59. The van der Waals surface area contributed by atoms with Gasteiger partial charge in [0.05, 0.1) is 30.8 Å². The molecule has 1 unspecified atom stereocenters. The Morgan fingerprint density at radius 1 is 1.05 bits per heavy atom. The number of esters is 1. The fourth-order valence-corrected chi connectivity index (χ4v) is 7.22. The molecule has 0 aliphatic carbocycles. The number of amides is 2. The molecule has 8 nitrogen and oxygen atoms in total. The van der Waals surface area contributed by atoms with E-state index in [4.69, 9.17) is 9.47 Å². The van der Waals surface area contributed by atoms with E-state index in [1.165, 1.54) is 4.90 Å². The molecule has 4 heterocycles. The number of hydrogen-bond donors (Lipinski definition) is 1. The monoisotopic (exact) mass is 536 g/mol. The second-order valence-electron chi connectivity index (χ2n) is 12.0. The fraction of sp³-hybridized carbons (Fsp3) is 0.581. The van der Waals surface area contributed by atoms with Crippen LogP contribution in [-0.2, 0) is 23.9 Å². The molecule has 1 spiro atoms. The predicted octanol–water partition coefficient (Wildman–Crippen LogP) is 3.48. The highest BCUT2D eigenvalue weighted by molar-refractivity contribution is 6.06. The molecule has 1 aromatic rings. The summed E-state index contributed by atoms with van der Waals surface area (Å²) in [6.45, 7) is 10.1. The average Bonchev–Trinajstić information content (AvgIpc) is 3.23. The molecular formula is C31H40N2O6. The zero-order valence-electron chi connectivity index (χ0n) is 23.6. The number of nitrogens with zero attached hydrogens (tertiary/aromatic N) is 2. The summed E-state index contributed by atoms with van der Waals surface area (Å²) < 4.78 is 12.5. The SMILES string of the molecule is Cc1cccc(C)c1N1CC=C[C@]23O[C@]4(C)/C=C\CCCOC(=O)[C@@H]4[C@H]2C(=O)N([C@@H](CO)CC(C)C)C3C1=O. The van der Waals surface area contributed by atoms with Crippen LogP contribution in [0.1, 0.15) is 51.2 Å². The van der Waals surface area contributed by atoms with E-state index >= 15 is 0 Å². The summed E-state index contributed by atoms with van der Waals surface area (Å²) in [5.41, 5.74) is 0.188. The van der Waals surface area contributed by atoms with E-state index in [1.54, 1.807) is 4.90 Å². The minimum atomic E-state index is -1.38. The predicted molar refractivity (Wildman–Crippen MR) is 147 cm³/mol. The van der Waals surface area contributed by atoms with E-state index in [0.29, 0.717) is 19.4 Å². The van der Waals surface area contributed by atoms with Crippen LogP contribution in [-0.4, -0.2) is 70.8 Å². The van der Waals surface area contributed by atoms with Crippen LogP contribution in [0.25, 0.3) is 0 Å². The van der Waals surface area contributed by atoms with Gasteiger partial charge in [0.1, 0.15) is 17.6 Å². The van der Waals surface area contributed by atoms with Gasteiger partial charge in [0.25, 0.3) is 5.91 Å². The van der Waals surface area contributed by atoms with E-state index in [2.05, 4.69) is 0 Å². The minimum absolute atomic E-state index is 0.168. The van der Waals surface area contributed by atoms with Crippen molar-refractivity contribution in [1.29, 1.82) is 0 Å². The summed E-state index contributed by atoms with van der Waals surface area (Å²) in [6.07, 6.45) is 9.48. The number of anilines is 1. The van der Waals surface area contributed by atoms with Gasteiger partial charge >= 0.3 is 5.97 Å². The summed E-state index contributed by atoms with van der Waals surface area (Å²) in [4.78, 5) is 46.0. The summed E-state index contributed by atoms with van der Waals surface area (Å²) in [5, 5.41) is 10.5. The lowest BCUT2D eigenvalue weighted by Gasteiger charge is -2.40. The first kappa shape index (κ1) is 27.6. The Morgan fingerprint density at radius 2 is 1.77 bits per heavy atom. The van der Waals surface area contributed by atoms with E-state index in [9.17, 15) is 19.5 Å². The lowest BCUT2D eigenvalue weighted by atomic mass is 9.74. The first-order valence-electron chi connectivity index (χ1n) is 14.1. The quantitative estimate of drug-likeness (QED) is 0.457. The number of carbonyl (C=O) groups is 3. The third-order valence-electron chi connectivity index (χ3n) is 8.75. The molecule has 0 aromatic heterocycles. The molecule has 210 valence electrons. The molecule has 0 saturated carbocycles. The van der Waals surface area contributed by atoms with Crippen molar-refractivity contribution in [3.8, 4) is 0 Å². The smallest absolute Gasteiger partial charge is 0.313 e. The highest BCUT2D eigenvalue weighted by Crippen LogP contribution is 2.58. The van der Waals surface area contributed by atoms with Crippen LogP contribution in [0.4, 0.5) is 5.69 Å². The van der Waals surface area contributed by atoms with Crippen molar-refractivity contribution in [3.05, 3.63) is 53.6 Å². The summed E-state index contributed by atoms with van der Waals surface area (Å²) in [5.74, 6) is -2.82. The zero-order chi connectivity index (χ0) is 28.1. The van der Waals surface area contributed by atoms with Crippen LogP contribution >= 0.6 is 0 Å². The Bertz CT molecular complexity index is 1200. The number of rotatable bonds is 5. The molecule has 8 heteroatoms. The first-order valence-corrected chi connectivity index (χ1v) is 14.1. The number of hydrogen-bond acceptors (Lipinski definition) is 6. The third-order valence-corrected chi connectivity index (χ3v) is 8.75. The highest BCUT2D eigenvalue weighted by atomic mass is 16.6. The maximum Gasteiger partial charge on any atom is 0.313 e. The van der Waals surface area contributed by atoms with Gasteiger partial charge in [-0.05, 0) is 57.1 Å². The number of aliphatic hydroxyl groups excluding tert-OH is 1. The molecule has 2 fully saturated rings. The second kappa shape index (κ2) is 10.2. The van der Waals surface area contributed by atoms with Crippen molar-refractivity contribution >= 4 is 23.5 Å². The van der Waals surface area contributed by atoms with Gasteiger partial charge in [-0.2, -0.15) is 0 Å². The van der Waals surface area contributed by atoms with Crippen LogP contribution in [0.5, 0.6) is 0 Å². The van der Waals surface area contributed by atoms with Gasteiger partial charge in [0.2, 0.25) is 5.91 Å². The Hall–Kier alpha value is -2.97. The standard InChI is InChI=1S/C31H40N2O6/c1-19(2)17-22(18-34)33-26-28(36)32(25-20(3)11-9-12-21(25)4)15-10-14-31(26)23(27(33)35)24-29(37)38-16-8-6-7-13-30(24,5)39-31/h7,9-14,19,22-24,26,34H,6,8,15-18H2,1-5H3/b13-7-/t22-,23+,24+,26?,30-,31+/m1/s1. The van der Waals surface area contributed by atoms with Crippen molar-refractivity contribution in [2.45, 2.75) is 77.2 Å². The molecule has 1 aromatic carbocycles. The number of aliphatic hydroxyl groups is 1. The fourth-order valence-electron chi connectivity index (χ4n) is 7.22. The number of likely N-dealkylation sites (tertiary alicyclic amines) is 1. The van der Waals surface area contributed by atoms with E-state index < -0.39 is 41.1 Å². The Kier molecular flexibility index (Phi) is 7.22. The molecule has 4 aliphatic rings. The molecule has 2 amide bonds. The maximum absolute atomic E-state index is 14.7. The van der Waals surface area contributed by atoms with Crippen LogP contribution in [0, 0.1) is 31.6 Å². The summed E-state index contributed by atoms with van der Waals surface area (Å²) in [6, 6.07) is 4.25. The maximum atomic E-state index is 14.7. The van der Waals surface area contributed by atoms with Crippen molar-refractivity contribution in [1.82, 2.24) is 4.90 Å². The number of allylic oxidation sites excluding steroid dienone is 1. The van der Waals surface area contributed by atoms with Crippen LogP contribution in [0.3, 0.4) is 0 Å². The number of cyclic esters (lactones) is 1. The molecule has 39 heavy (non-hydrogen) atoms. The van der Waals surface area contributed by atoms with Gasteiger partial charge in [-0.3, -0.25) is 14.4 Å². The number of aryl methyl sites for hydroxylation is 2. The zero-order valence-corrected chi connectivity index (χ0v) is 23.6. The van der Waals surface area contributed by atoms with E-state index in [0.717, 1.165) is 23.2 Å². The molecule has 6 atom stereocenters. The van der Waals surface area contributed by atoms with Crippen molar-refractivity contribution in [3.63, 3.8) is 0 Å². The largest absolute Gasteiger partial charge is 0.465 e. The van der Waals surface area contributed by atoms with Crippen LogP contribution in [0.15, 0.2) is 42.5 Å². The molecule has 1 N–H and O–H groups in total. The number of carbonyl (C=O) groups excluding carboxylic acids is 3. The second-order valence-corrected chi connectivity index (χ2v) is 12.0. The average molecular weight is 537 g/mol. The van der Waals surface area contributed by atoms with Gasteiger partial charge in [-0.25, -0.2) is 0 Å². The van der Waals surface area contributed by atoms with Crippen LogP contribution < -0.4 is 4.90 Å². The van der Waals surface area contributed by atoms with Crippen molar-refractivity contribution in [2.24, 2.45) is 17.8 Å². The lowest BCUT2D eigenvalue weighted by molar-refractivity contribution is -0.159.